The lowest BCUT2D eigenvalue weighted by molar-refractivity contribution is 0.0963. The summed E-state index contributed by atoms with van der Waals surface area (Å²) in [5.74, 6) is -0.751. The summed E-state index contributed by atoms with van der Waals surface area (Å²) in [6, 6.07) is 6.01. The number of Topliss-reactive ketones (excluding diaryl/α,β-unsaturated/α-hetero) is 1. The number of carbonyl (C=O) groups is 1. The van der Waals surface area contributed by atoms with Crippen LogP contribution >= 0.6 is 0 Å². The van der Waals surface area contributed by atoms with Crippen molar-refractivity contribution >= 4 is 5.78 Å². The summed E-state index contributed by atoms with van der Waals surface area (Å²) in [5, 5.41) is 4.28. The second-order valence-electron chi connectivity index (χ2n) is 4.36. The van der Waals surface area contributed by atoms with Gasteiger partial charge in [-0.15, -0.1) is 0 Å². The summed E-state index contributed by atoms with van der Waals surface area (Å²) in [5.41, 5.74) is 3.02. The molecule has 0 unspecified atom stereocenters. The Morgan fingerprint density at radius 1 is 1.28 bits per heavy atom. The Morgan fingerprint density at radius 3 is 2.50 bits per heavy atom. The first-order chi connectivity index (χ1) is 8.50. The van der Waals surface area contributed by atoms with Gasteiger partial charge in [-0.2, -0.15) is 5.10 Å². The fourth-order valence-corrected chi connectivity index (χ4v) is 1.85. The predicted molar refractivity (Wildman–Crippen MR) is 67.2 cm³/mol. The van der Waals surface area contributed by atoms with Gasteiger partial charge in [0.1, 0.15) is 12.4 Å². The Morgan fingerprint density at radius 2 is 1.94 bits per heavy atom. The molecular formula is C14H15FN2O. The Bertz CT molecular complexity index is 602. The summed E-state index contributed by atoms with van der Waals surface area (Å²) < 4.78 is 15.1. The number of aryl methyl sites for hydroxylation is 1. The molecule has 0 radical (unpaired) electrons. The third-order valence-electron chi connectivity index (χ3n) is 3.21. The molecule has 18 heavy (non-hydrogen) atoms. The molecule has 0 aliphatic heterocycles. The Kier molecular flexibility index (Phi) is 3.28. The van der Waals surface area contributed by atoms with Crippen LogP contribution in [-0.2, 0) is 6.54 Å². The Labute approximate surface area is 105 Å². The van der Waals surface area contributed by atoms with Crippen molar-refractivity contribution < 1.29 is 9.18 Å². The molecule has 0 bridgehead atoms. The predicted octanol–water partition coefficient (Wildman–Crippen LogP) is 2.83. The lowest BCUT2D eigenvalue weighted by atomic mass is 10.1. The van der Waals surface area contributed by atoms with Gasteiger partial charge in [-0.05, 0) is 38.5 Å². The van der Waals surface area contributed by atoms with Crippen molar-refractivity contribution in [3.63, 3.8) is 0 Å². The van der Waals surface area contributed by atoms with Crippen LogP contribution < -0.4 is 0 Å². The molecular weight excluding hydrogens is 231 g/mol. The molecule has 1 aromatic heterocycles. The highest BCUT2D eigenvalue weighted by molar-refractivity contribution is 5.96. The highest BCUT2D eigenvalue weighted by atomic mass is 19.1. The van der Waals surface area contributed by atoms with Crippen LogP contribution in [0.25, 0.3) is 0 Å². The fraction of sp³-hybridized carbons (Fsp3) is 0.286. The quantitative estimate of drug-likeness (QED) is 0.780. The van der Waals surface area contributed by atoms with Crippen molar-refractivity contribution in [2.45, 2.75) is 27.3 Å². The minimum Gasteiger partial charge on any atom is -0.292 e. The maximum absolute atomic E-state index is 13.5. The SMILES string of the molecule is Cc1nn(CC(=O)c2ccccc2F)c(C)c1C. The van der Waals surface area contributed by atoms with E-state index in [2.05, 4.69) is 5.10 Å². The van der Waals surface area contributed by atoms with E-state index in [0.29, 0.717) is 0 Å². The standard InChI is InChI=1S/C14H15FN2O/c1-9-10(2)16-17(11(9)3)8-14(18)12-6-4-5-7-13(12)15/h4-7H,8H2,1-3H3. The van der Waals surface area contributed by atoms with Gasteiger partial charge in [0.05, 0.1) is 11.3 Å². The zero-order valence-electron chi connectivity index (χ0n) is 10.7. The minimum absolute atomic E-state index is 0.0709. The topological polar surface area (TPSA) is 34.9 Å². The lowest BCUT2D eigenvalue weighted by Gasteiger charge is -2.05. The molecule has 4 heteroatoms. The molecule has 1 aromatic carbocycles. The number of halogens is 1. The third-order valence-corrected chi connectivity index (χ3v) is 3.21. The van der Waals surface area contributed by atoms with Crippen LogP contribution in [0.15, 0.2) is 24.3 Å². The molecule has 94 valence electrons. The van der Waals surface area contributed by atoms with Gasteiger partial charge in [0.15, 0.2) is 5.78 Å². The van der Waals surface area contributed by atoms with E-state index in [1.807, 2.05) is 20.8 Å². The Hall–Kier alpha value is -1.97. The number of aromatic nitrogens is 2. The van der Waals surface area contributed by atoms with Crippen LogP contribution in [0.3, 0.4) is 0 Å². The first-order valence-corrected chi connectivity index (χ1v) is 5.79. The van der Waals surface area contributed by atoms with Gasteiger partial charge < -0.3 is 0 Å². The number of hydrogen-bond acceptors (Lipinski definition) is 2. The summed E-state index contributed by atoms with van der Waals surface area (Å²) >= 11 is 0. The van der Waals surface area contributed by atoms with Crippen molar-refractivity contribution in [2.24, 2.45) is 0 Å². The Balaban J connectivity index is 2.27. The van der Waals surface area contributed by atoms with Gasteiger partial charge in [-0.25, -0.2) is 4.39 Å². The molecule has 2 rings (SSSR count). The molecule has 0 N–H and O–H groups in total. The summed E-state index contributed by atoms with van der Waals surface area (Å²) in [4.78, 5) is 12.0. The summed E-state index contributed by atoms with van der Waals surface area (Å²) in [6.07, 6.45) is 0. The number of carbonyl (C=O) groups excluding carboxylic acids is 1. The van der Waals surface area contributed by atoms with Crippen LogP contribution in [0.4, 0.5) is 4.39 Å². The lowest BCUT2D eigenvalue weighted by Crippen LogP contribution is -2.14. The highest BCUT2D eigenvalue weighted by Crippen LogP contribution is 2.13. The van der Waals surface area contributed by atoms with Crippen molar-refractivity contribution in [1.82, 2.24) is 9.78 Å². The molecule has 0 amide bonds. The van der Waals surface area contributed by atoms with Crippen molar-refractivity contribution in [3.8, 4) is 0 Å². The maximum Gasteiger partial charge on any atom is 0.187 e. The molecule has 0 aliphatic rings. The average molecular weight is 246 g/mol. The minimum atomic E-state index is -0.485. The van der Waals surface area contributed by atoms with Crippen LogP contribution in [0.1, 0.15) is 27.3 Å². The van der Waals surface area contributed by atoms with Gasteiger partial charge in [0.25, 0.3) is 0 Å². The molecule has 0 saturated heterocycles. The van der Waals surface area contributed by atoms with Crippen LogP contribution in [0.5, 0.6) is 0 Å². The number of nitrogens with zero attached hydrogens (tertiary/aromatic N) is 2. The molecule has 0 saturated carbocycles. The number of rotatable bonds is 3. The van der Waals surface area contributed by atoms with E-state index in [-0.39, 0.29) is 17.9 Å². The van der Waals surface area contributed by atoms with E-state index >= 15 is 0 Å². The van der Waals surface area contributed by atoms with Gasteiger partial charge in [0.2, 0.25) is 0 Å². The molecule has 0 fully saturated rings. The van der Waals surface area contributed by atoms with Crippen LogP contribution in [0.2, 0.25) is 0 Å². The van der Waals surface area contributed by atoms with Gasteiger partial charge in [-0.3, -0.25) is 9.48 Å². The van der Waals surface area contributed by atoms with E-state index in [4.69, 9.17) is 0 Å². The first-order valence-electron chi connectivity index (χ1n) is 5.79. The van der Waals surface area contributed by atoms with E-state index in [1.54, 1.807) is 16.8 Å². The number of hydrogen-bond donors (Lipinski definition) is 0. The highest BCUT2D eigenvalue weighted by Gasteiger charge is 2.14. The van der Waals surface area contributed by atoms with Crippen molar-refractivity contribution in [3.05, 3.63) is 52.6 Å². The number of ketones is 1. The molecule has 3 nitrogen and oxygen atoms in total. The van der Waals surface area contributed by atoms with E-state index in [0.717, 1.165) is 17.0 Å². The zero-order chi connectivity index (χ0) is 13.3. The third kappa shape index (κ3) is 2.18. The van der Waals surface area contributed by atoms with Gasteiger partial charge in [-0.1, -0.05) is 12.1 Å². The van der Waals surface area contributed by atoms with Crippen LogP contribution in [-0.4, -0.2) is 15.6 Å². The largest absolute Gasteiger partial charge is 0.292 e. The monoisotopic (exact) mass is 246 g/mol. The van der Waals surface area contributed by atoms with Crippen molar-refractivity contribution in [1.29, 1.82) is 0 Å². The maximum atomic E-state index is 13.5. The van der Waals surface area contributed by atoms with Gasteiger partial charge in [0, 0.05) is 5.69 Å². The van der Waals surface area contributed by atoms with Crippen molar-refractivity contribution in [2.75, 3.05) is 0 Å². The first kappa shape index (κ1) is 12.5. The van der Waals surface area contributed by atoms with E-state index < -0.39 is 5.82 Å². The average Bonchev–Trinajstić information content (AvgIpc) is 2.57. The zero-order valence-corrected chi connectivity index (χ0v) is 10.7. The molecule has 0 atom stereocenters. The smallest absolute Gasteiger partial charge is 0.187 e. The molecule has 0 spiro atoms. The molecule has 1 heterocycles. The van der Waals surface area contributed by atoms with E-state index in [1.165, 1.54) is 12.1 Å². The van der Waals surface area contributed by atoms with E-state index in [9.17, 15) is 9.18 Å². The second-order valence-corrected chi connectivity index (χ2v) is 4.36. The summed E-state index contributed by atoms with van der Waals surface area (Å²) in [7, 11) is 0. The summed E-state index contributed by atoms with van der Waals surface area (Å²) in [6.45, 7) is 5.83. The molecule has 2 aromatic rings. The number of benzene rings is 1. The second kappa shape index (κ2) is 4.72. The molecule has 0 aliphatic carbocycles. The van der Waals surface area contributed by atoms with Crippen LogP contribution in [0, 0.1) is 26.6 Å². The van der Waals surface area contributed by atoms with Gasteiger partial charge >= 0.3 is 0 Å². The fourth-order valence-electron chi connectivity index (χ4n) is 1.85. The normalized spacial score (nSPS) is 10.7.